The Labute approximate surface area is 346 Å². The van der Waals surface area contributed by atoms with Gasteiger partial charge in [0.2, 0.25) is 0 Å². The van der Waals surface area contributed by atoms with Gasteiger partial charge in [-0.3, -0.25) is 0 Å². The van der Waals surface area contributed by atoms with Gasteiger partial charge in [0, 0.05) is 17.1 Å². The maximum Gasteiger partial charge on any atom is 0.0467 e. The molecule has 10 rings (SSSR count). The third-order valence-corrected chi connectivity index (χ3v) is 11.2. The van der Waals surface area contributed by atoms with Crippen molar-refractivity contribution in [2.45, 2.75) is 0 Å². The summed E-state index contributed by atoms with van der Waals surface area (Å²) in [5, 5.41) is 2.52. The van der Waals surface area contributed by atoms with Crippen molar-refractivity contribution in [3.05, 3.63) is 249 Å². The number of hydrogen-bond acceptors (Lipinski definition) is 1. The zero-order chi connectivity index (χ0) is 39.4. The van der Waals surface area contributed by atoms with Crippen LogP contribution in [0.1, 0.15) is 0 Å². The van der Waals surface area contributed by atoms with E-state index in [-0.39, 0.29) is 0 Å². The van der Waals surface area contributed by atoms with Gasteiger partial charge in [-0.25, -0.2) is 0 Å². The van der Waals surface area contributed by atoms with Crippen LogP contribution in [0, 0.1) is 0 Å². The minimum absolute atomic E-state index is 1.09. The van der Waals surface area contributed by atoms with Crippen molar-refractivity contribution < 1.29 is 0 Å². The van der Waals surface area contributed by atoms with Gasteiger partial charge in [-0.2, -0.15) is 0 Å². The van der Waals surface area contributed by atoms with Gasteiger partial charge >= 0.3 is 0 Å². The Hall–Kier alpha value is -7.74. The largest absolute Gasteiger partial charge is 0.310 e. The maximum absolute atomic E-state index is 2.37. The lowest BCUT2D eigenvalue weighted by atomic mass is 9.96. The lowest BCUT2D eigenvalue weighted by Crippen LogP contribution is -2.10. The van der Waals surface area contributed by atoms with Crippen molar-refractivity contribution in [3.8, 4) is 66.8 Å². The second-order valence-corrected chi connectivity index (χ2v) is 15.0. The molecule has 0 unspecified atom stereocenters. The second kappa shape index (κ2) is 16.0. The molecule has 0 atom stereocenters. The van der Waals surface area contributed by atoms with E-state index in [1.807, 2.05) is 0 Å². The molecule has 0 aliphatic carbocycles. The summed E-state index contributed by atoms with van der Waals surface area (Å²) >= 11 is 0. The summed E-state index contributed by atoms with van der Waals surface area (Å²) in [6.45, 7) is 0. The van der Waals surface area contributed by atoms with Crippen molar-refractivity contribution in [1.82, 2.24) is 0 Å². The zero-order valence-corrected chi connectivity index (χ0v) is 32.6. The van der Waals surface area contributed by atoms with Crippen LogP contribution in [0.2, 0.25) is 0 Å². The van der Waals surface area contributed by atoms with E-state index < -0.39 is 0 Å². The maximum atomic E-state index is 2.37. The van der Waals surface area contributed by atoms with E-state index >= 15 is 0 Å². The van der Waals surface area contributed by atoms with Crippen LogP contribution in [0.4, 0.5) is 17.1 Å². The molecule has 0 spiro atoms. The first-order valence-corrected chi connectivity index (χ1v) is 20.2. The highest BCUT2D eigenvalue weighted by Gasteiger charge is 2.15. The Balaban J connectivity index is 0.970. The van der Waals surface area contributed by atoms with Crippen molar-refractivity contribution in [1.29, 1.82) is 0 Å². The Kier molecular flexibility index (Phi) is 9.68. The standard InChI is InChI=1S/C58H41N/c1-3-13-42(14-4-1)49-19-9-21-51(37-49)54-24-12-26-58(41-54)59(57-25-11-23-53(40-57)43-15-5-2-6-16-43)56-35-33-46(34-36-56)45-27-29-47(30-28-45)50-20-10-22-52(38-50)55-32-31-44-17-7-8-18-48(44)39-55/h1-41H. The highest BCUT2D eigenvalue weighted by Crippen LogP contribution is 2.40. The summed E-state index contributed by atoms with van der Waals surface area (Å²) < 4.78 is 0. The molecule has 0 amide bonds. The number of nitrogens with zero attached hydrogens (tertiary/aromatic N) is 1. The van der Waals surface area contributed by atoms with Gasteiger partial charge in [-0.05, 0) is 132 Å². The van der Waals surface area contributed by atoms with Crippen molar-refractivity contribution >= 4 is 27.8 Å². The molecule has 0 aliphatic heterocycles. The summed E-state index contributed by atoms with van der Waals surface area (Å²) in [7, 11) is 0. The third-order valence-electron chi connectivity index (χ3n) is 11.2. The lowest BCUT2D eigenvalue weighted by molar-refractivity contribution is 1.28. The van der Waals surface area contributed by atoms with Crippen LogP contribution in [0.5, 0.6) is 0 Å². The molecule has 0 radical (unpaired) electrons. The smallest absolute Gasteiger partial charge is 0.0467 e. The number of benzene rings is 10. The fourth-order valence-corrected chi connectivity index (χ4v) is 8.14. The lowest BCUT2D eigenvalue weighted by Gasteiger charge is -2.27. The summed E-state index contributed by atoms with van der Waals surface area (Å²) in [6, 6.07) is 89.8. The molecule has 0 saturated carbocycles. The predicted molar refractivity (Wildman–Crippen MR) is 251 cm³/mol. The zero-order valence-electron chi connectivity index (χ0n) is 32.6. The first-order valence-electron chi connectivity index (χ1n) is 20.2. The van der Waals surface area contributed by atoms with Crippen LogP contribution in [-0.2, 0) is 0 Å². The van der Waals surface area contributed by atoms with E-state index in [1.54, 1.807) is 0 Å². The Morgan fingerprint density at radius 2 is 0.492 bits per heavy atom. The normalized spacial score (nSPS) is 11.1. The first kappa shape index (κ1) is 35.7. The molecule has 0 heterocycles. The second-order valence-electron chi connectivity index (χ2n) is 15.0. The van der Waals surface area contributed by atoms with Crippen LogP contribution in [0.15, 0.2) is 249 Å². The number of hydrogen-bond donors (Lipinski definition) is 0. The molecular weight excluding hydrogens is 711 g/mol. The minimum Gasteiger partial charge on any atom is -0.310 e. The Morgan fingerprint density at radius 3 is 1.02 bits per heavy atom. The molecule has 278 valence electrons. The summed E-state index contributed by atoms with van der Waals surface area (Å²) in [5.41, 5.74) is 17.7. The van der Waals surface area contributed by atoms with Crippen LogP contribution >= 0.6 is 0 Å². The molecule has 0 fully saturated rings. The fraction of sp³-hybridized carbons (Fsp3) is 0. The quantitative estimate of drug-likeness (QED) is 0.142. The van der Waals surface area contributed by atoms with Crippen LogP contribution < -0.4 is 4.90 Å². The summed E-state index contributed by atoms with van der Waals surface area (Å²) in [5.74, 6) is 0. The molecule has 1 nitrogen and oxygen atoms in total. The highest BCUT2D eigenvalue weighted by molar-refractivity contribution is 5.88. The summed E-state index contributed by atoms with van der Waals surface area (Å²) in [6.07, 6.45) is 0. The van der Waals surface area contributed by atoms with E-state index in [0.29, 0.717) is 0 Å². The summed E-state index contributed by atoms with van der Waals surface area (Å²) in [4.78, 5) is 2.37. The van der Waals surface area contributed by atoms with Crippen molar-refractivity contribution in [2.75, 3.05) is 4.90 Å². The monoisotopic (exact) mass is 751 g/mol. The molecule has 0 aliphatic rings. The molecule has 0 bridgehead atoms. The highest BCUT2D eigenvalue weighted by atomic mass is 15.1. The van der Waals surface area contributed by atoms with E-state index in [0.717, 1.165) is 17.1 Å². The SMILES string of the molecule is c1ccc(-c2cccc(-c3cccc(N(c4ccc(-c5ccc(-c6cccc(-c7ccc8ccccc8c7)c6)cc5)cc4)c4cccc(-c5ccccc5)c4)c3)c2)cc1. The fourth-order valence-electron chi connectivity index (χ4n) is 8.14. The van der Waals surface area contributed by atoms with Crippen LogP contribution in [0.25, 0.3) is 77.5 Å². The number of rotatable bonds is 9. The van der Waals surface area contributed by atoms with E-state index in [2.05, 4.69) is 254 Å². The number of fused-ring (bicyclic) bond motifs is 1. The number of anilines is 3. The minimum atomic E-state index is 1.09. The molecular formula is C58H41N. The molecule has 0 aromatic heterocycles. The third kappa shape index (κ3) is 7.58. The van der Waals surface area contributed by atoms with Gasteiger partial charge in [-0.15, -0.1) is 0 Å². The topological polar surface area (TPSA) is 3.24 Å². The van der Waals surface area contributed by atoms with Crippen LogP contribution in [0.3, 0.4) is 0 Å². The first-order chi connectivity index (χ1) is 29.2. The average molecular weight is 752 g/mol. The van der Waals surface area contributed by atoms with Crippen LogP contribution in [-0.4, -0.2) is 0 Å². The Bertz CT molecular complexity index is 3020. The average Bonchev–Trinajstić information content (AvgIpc) is 3.33. The van der Waals surface area contributed by atoms with Crippen molar-refractivity contribution in [2.24, 2.45) is 0 Å². The van der Waals surface area contributed by atoms with E-state index in [4.69, 9.17) is 0 Å². The molecule has 0 N–H and O–H groups in total. The molecule has 59 heavy (non-hydrogen) atoms. The van der Waals surface area contributed by atoms with Crippen molar-refractivity contribution in [3.63, 3.8) is 0 Å². The molecule has 0 saturated heterocycles. The molecule has 1 heteroatoms. The van der Waals surface area contributed by atoms with Gasteiger partial charge in [0.25, 0.3) is 0 Å². The van der Waals surface area contributed by atoms with E-state index in [9.17, 15) is 0 Å². The van der Waals surface area contributed by atoms with E-state index in [1.165, 1.54) is 77.5 Å². The molecule has 10 aromatic carbocycles. The predicted octanol–water partition coefficient (Wildman–Crippen LogP) is 16.3. The Morgan fingerprint density at radius 1 is 0.169 bits per heavy atom. The van der Waals surface area contributed by atoms with Gasteiger partial charge in [0.1, 0.15) is 0 Å². The van der Waals surface area contributed by atoms with Gasteiger partial charge in [-0.1, -0.05) is 194 Å². The van der Waals surface area contributed by atoms with Gasteiger partial charge in [0.05, 0.1) is 0 Å². The van der Waals surface area contributed by atoms with Gasteiger partial charge in [0.15, 0.2) is 0 Å². The molecule has 10 aromatic rings. The van der Waals surface area contributed by atoms with Gasteiger partial charge < -0.3 is 4.90 Å².